The van der Waals surface area contributed by atoms with Gasteiger partial charge in [0.05, 0.1) is 11.4 Å². The van der Waals surface area contributed by atoms with Crippen molar-refractivity contribution in [1.29, 1.82) is 0 Å². The highest BCUT2D eigenvalue weighted by Crippen LogP contribution is 2.43. The van der Waals surface area contributed by atoms with Crippen molar-refractivity contribution in [3.8, 4) is 11.1 Å². The molecule has 0 spiro atoms. The SMILES string of the molecule is C=Cc1cccc(N(c2cccc(-c3cccc(N(c4cccc(C=C)c4)c4cccc5ccccc45)c3)c2)c2cccc3ccccc23)c1. The summed E-state index contributed by atoms with van der Waals surface area (Å²) in [5, 5.41) is 4.79. The molecule has 2 heteroatoms. The van der Waals surface area contributed by atoms with Gasteiger partial charge in [0.1, 0.15) is 0 Å². The maximum Gasteiger partial charge on any atom is 0.0540 e. The molecule has 0 saturated heterocycles. The lowest BCUT2D eigenvalue weighted by Crippen LogP contribution is -2.11. The zero-order valence-electron chi connectivity index (χ0n) is 27.8. The molecule has 0 saturated carbocycles. The third-order valence-corrected chi connectivity index (χ3v) is 9.29. The minimum atomic E-state index is 1.07. The van der Waals surface area contributed by atoms with Crippen LogP contribution in [0.25, 0.3) is 44.8 Å². The average molecular weight is 641 g/mol. The van der Waals surface area contributed by atoms with Crippen LogP contribution in [0.15, 0.2) is 195 Å². The Morgan fingerprint density at radius 2 is 0.700 bits per heavy atom. The van der Waals surface area contributed by atoms with Crippen LogP contribution in [-0.2, 0) is 0 Å². The quantitative estimate of drug-likeness (QED) is 0.155. The number of fused-ring (bicyclic) bond motifs is 2. The van der Waals surface area contributed by atoms with Gasteiger partial charge in [-0.05, 0) is 93.7 Å². The van der Waals surface area contributed by atoms with E-state index < -0.39 is 0 Å². The number of benzene rings is 8. The summed E-state index contributed by atoms with van der Waals surface area (Å²) in [6.45, 7) is 8.09. The summed E-state index contributed by atoms with van der Waals surface area (Å²) in [6, 6.07) is 65.0. The molecule has 2 nitrogen and oxygen atoms in total. The topological polar surface area (TPSA) is 6.48 Å². The molecule has 0 aliphatic carbocycles. The van der Waals surface area contributed by atoms with Crippen molar-refractivity contribution in [3.05, 3.63) is 206 Å². The van der Waals surface area contributed by atoms with E-state index in [9.17, 15) is 0 Å². The highest BCUT2D eigenvalue weighted by atomic mass is 15.1. The van der Waals surface area contributed by atoms with E-state index in [1.165, 1.54) is 21.5 Å². The fourth-order valence-electron chi connectivity index (χ4n) is 6.89. The van der Waals surface area contributed by atoms with Crippen molar-refractivity contribution in [3.63, 3.8) is 0 Å². The monoisotopic (exact) mass is 640 g/mol. The van der Waals surface area contributed by atoms with E-state index >= 15 is 0 Å². The maximum absolute atomic E-state index is 4.05. The fraction of sp³-hybridized carbons (Fsp3) is 0. The number of anilines is 6. The lowest BCUT2D eigenvalue weighted by molar-refractivity contribution is 1.29. The molecule has 0 bridgehead atoms. The molecule has 0 fully saturated rings. The van der Waals surface area contributed by atoms with E-state index in [2.05, 4.69) is 205 Å². The van der Waals surface area contributed by atoms with Crippen LogP contribution < -0.4 is 9.80 Å². The minimum absolute atomic E-state index is 1.07. The molecule has 0 unspecified atom stereocenters. The first-order valence-corrected chi connectivity index (χ1v) is 16.9. The van der Waals surface area contributed by atoms with Crippen LogP contribution in [0.1, 0.15) is 11.1 Å². The average Bonchev–Trinajstić information content (AvgIpc) is 3.19. The van der Waals surface area contributed by atoms with Crippen molar-refractivity contribution in [2.24, 2.45) is 0 Å². The first-order valence-electron chi connectivity index (χ1n) is 16.9. The van der Waals surface area contributed by atoms with Gasteiger partial charge in [0.25, 0.3) is 0 Å². The van der Waals surface area contributed by atoms with Crippen molar-refractivity contribution >= 4 is 67.8 Å². The van der Waals surface area contributed by atoms with E-state index in [1.807, 2.05) is 12.2 Å². The molecule has 0 aliphatic rings. The van der Waals surface area contributed by atoms with E-state index in [0.717, 1.165) is 56.4 Å². The highest BCUT2D eigenvalue weighted by molar-refractivity contribution is 6.01. The van der Waals surface area contributed by atoms with Gasteiger partial charge < -0.3 is 9.80 Å². The molecule has 8 aromatic rings. The van der Waals surface area contributed by atoms with Gasteiger partial charge in [-0.25, -0.2) is 0 Å². The molecule has 0 aromatic heterocycles. The van der Waals surface area contributed by atoms with Crippen LogP contribution in [0.2, 0.25) is 0 Å². The fourth-order valence-corrected chi connectivity index (χ4v) is 6.89. The molecule has 0 atom stereocenters. The molecule has 8 aromatic carbocycles. The van der Waals surface area contributed by atoms with E-state index in [4.69, 9.17) is 0 Å². The van der Waals surface area contributed by atoms with Crippen molar-refractivity contribution < 1.29 is 0 Å². The molecule has 0 aliphatic heterocycles. The normalized spacial score (nSPS) is 11.0. The molecule has 0 radical (unpaired) electrons. The first-order chi connectivity index (χ1) is 24.7. The molecular formula is C48H36N2. The Bertz CT molecular complexity index is 2320. The Morgan fingerprint density at radius 3 is 1.14 bits per heavy atom. The van der Waals surface area contributed by atoms with Crippen LogP contribution in [0.5, 0.6) is 0 Å². The lowest BCUT2D eigenvalue weighted by atomic mass is 10.0. The largest absolute Gasteiger partial charge is 0.310 e. The van der Waals surface area contributed by atoms with Gasteiger partial charge >= 0.3 is 0 Å². The Balaban J connectivity index is 1.28. The second-order valence-corrected chi connectivity index (χ2v) is 12.4. The first kappa shape index (κ1) is 30.7. The summed E-state index contributed by atoms with van der Waals surface area (Å²) in [5.74, 6) is 0. The van der Waals surface area contributed by atoms with Gasteiger partial charge in [-0.15, -0.1) is 0 Å². The predicted octanol–water partition coefficient (Wildman–Crippen LogP) is 13.9. The third kappa shape index (κ3) is 5.85. The van der Waals surface area contributed by atoms with Gasteiger partial charge in [-0.1, -0.05) is 147 Å². The minimum Gasteiger partial charge on any atom is -0.310 e. The van der Waals surface area contributed by atoms with Crippen LogP contribution in [0, 0.1) is 0 Å². The van der Waals surface area contributed by atoms with Crippen LogP contribution in [-0.4, -0.2) is 0 Å². The standard InChI is InChI=1S/C48H36N2/c1-3-35-15-9-23-41(31-35)49(47-29-13-19-37-17-5-7-27-45(37)47)43-25-11-21-39(33-43)40-22-12-26-44(34-40)50(42-24-10-16-36(4-2)32-42)48-30-14-20-38-18-6-8-28-46(38)48/h3-34H,1-2H2. The van der Waals surface area contributed by atoms with E-state index in [1.54, 1.807) is 0 Å². The van der Waals surface area contributed by atoms with Gasteiger partial charge in [0, 0.05) is 33.5 Å². The van der Waals surface area contributed by atoms with Crippen molar-refractivity contribution in [1.82, 2.24) is 0 Å². The van der Waals surface area contributed by atoms with Crippen LogP contribution in [0.4, 0.5) is 34.1 Å². The molecule has 0 amide bonds. The number of hydrogen-bond acceptors (Lipinski definition) is 2. The number of rotatable bonds is 9. The Morgan fingerprint density at radius 1 is 0.340 bits per heavy atom. The molecule has 8 rings (SSSR count). The molecular weight excluding hydrogens is 605 g/mol. The zero-order valence-corrected chi connectivity index (χ0v) is 27.8. The Labute approximate surface area is 294 Å². The smallest absolute Gasteiger partial charge is 0.0540 e. The Kier molecular flexibility index (Phi) is 8.26. The molecule has 50 heavy (non-hydrogen) atoms. The lowest BCUT2D eigenvalue weighted by Gasteiger charge is -2.28. The predicted molar refractivity (Wildman–Crippen MR) is 216 cm³/mol. The molecule has 0 heterocycles. The van der Waals surface area contributed by atoms with E-state index in [-0.39, 0.29) is 0 Å². The summed E-state index contributed by atoms with van der Waals surface area (Å²) < 4.78 is 0. The second-order valence-electron chi connectivity index (χ2n) is 12.4. The summed E-state index contributed by atoms with van der Waals surface area (Å²) in [4.78, 5) is 4.71. The van der Waals surface area contributed by atoms with Crippen LogP contribution in [0.3, 0.4) is 0 Å². The van der Waals surface area contributed by atoms with Crippen molar-refractivity contribution in [2.45, 2.75) is 0 Å². The third-order valence-electron chi connectivity index (χ3n) is 9.29. The summed E-state index contributed by atoms with van der Waals surface area (Å²) >= 11 is 0. The van der Waals surface area contributed by atoms with Gasteiger partial charge in [0.15, 0.2) is 0 Å². The van der Waals surface area contributed by atoms with Crippen molar-refractivity contribution in [2.75, 3.05) is 9.80 Å². The molecule has 238 valence electrons. The second kappa shape index (κ2) is 13.5. The summed E-state index contributed by atoms with van der Waals surface area (Å²) in [7, 11) is 0. The van der Waals surface area contributed by atoms with Gasteiger partial charge in [0.2, 0.25) is 0 Å². The van der Waals surface area contributed by atoms with Gasteiger partial charge in [-0.3, -0.25) is 0 Å². The van der Waals surface area contributed by atoms with Gasteiger partial charge in [-0.2, -0.15) is 0 Å². The zero-order chi connectivity index (χ0) is 33.9. The summed E-state index contributed by atoms with van der Waals surface area (Å²) in [5.41, 5.74) is 11.0. The van der Waals surface area contributed by atoms with Crippen LogP contribution >= 0.6 is 0 Å². The van der Waals surface area contributed by atoms with E-state index in [0.29, 0.717) is 0 Å². The number of hydrogen-bond donors (Lipinski definition) is 0. The highest BCUT2D eigenvalue weighted by Gasteiger charge is 2.18. The number of nitrogens with zero attached hydrogens (tertiary/aromatic N) is 2. The maximum atomic E-state index is 4.05. The Hall–Kier alpha value is -6.64. The molecule has 0 N–H and O–H groups in total. The summed E-state index contributed by atoms with van der Waals surface area (Å²) in [6.07, 6.45) is 3.80.